The highest BCUT2D eigenvalue weighted by molar-refractivity contribution is 8.26. The van der Waals surface area contributed by atoms with Gasteiger partial charge in [0, 0.05) is 0 Å². The maximum Gasteiger partial charge on any atom is 0.266 e. The Hall–Kier alpha value is -2.37. The van der Waals surface area contributed by atoms with Crippen LogP contribution in [0.25, 0.3) is 6.08 Å². The van der Waals surface area contributed by atoms with Crippen molar-refractivity contribution in [3.05, 3.63) is 83.5 Å². The first kappa shape index (κ1) is 17.5. The molecule has 1 amide bonds. The molecule has 1 heterocycles. The lowest BCUT2D eigenvalue weighted by molar-refractivity contribution is -0.123. The number of amides is 1. The average Bonchev–Trinajstić information content (AvgIpc) is 2.90. The van der Waals surface area contributed by atoms with E-state index in [0.29, 0.717) is 15.0 Å². The number of carbonyl (C=O) groups excluding carboxylic acids is 1. The molecular formula is C20H17NO2S2. The molecule has 0 bridgehead atoms. The second kappa shape index (κ2) is 7.68. The van der Waals surface area contributed by atoms with Crippen molar-refractivity contribution in [3.63, 3.8) is 0 Å². The lowest BCUT2D eigenvalue weighted by atomic mass is 10.1. The highest BCUT2D eigenvalue weighted by Crippen LogP contribution is 2.38. The summed E-state index contributed by atoms with van der Waals surface area (Å²) in [5, 5.41) is 0. The molecule has 2 aromatic rings. The van der Waals surface area contributed by atoms with Crippen molar-refractivity contribution < 1.29 is 9.53 Å². The zero-order valence-corrected chi connectivity index (χ0v) is 15.3. The number of carbonyl (C=O) groups is 1. The fraction of sp³-hybridized carbons (Fsp3) is 0.100. The molecule has 3 rings (SSSR count). The van der Waals surface area contributed by atoms with Crippen LogP contribution in [0.3, 0.4) is 0 Å². The van der Waals surface area contributed by atoms with Crippen LogP contribution in [0.1, 0.15) is 24.1 Å². The summed E-state index contributed by atoms with van der Waals surface area (Å²) in [6.07, 6.45) is 3.24. The molecule has 2 aromatic carbocycles. The molecule has 1 saturated heterocycles. The van der Waals surface area contributed by atoms with Crippen molar-refractivity contribution in [2.75, 3.05) is 0 Å². The molecule has 1 atom stereocenters. The highest BCUT2D eigenvalue weighted by atomic mass is 32.2. The molecule has 0 unspecified atom stereocenters. The van der Waals surface area contributed by atoms with Gasteiger partial charge in [-0.25, -0.2) is 0 Å². The first-order chi connectivity index (χ1) is 12.1. The second-order valence-electron chi connectivity index (χ2n) is 5.49. The zero-order valence-electron chi connectivity index (χ0n) is 13.7. The van der Waals surface area contributed by atoms with Crippen LogP contribution >= 0.6 is 24.0 Å². The summed E-state index contributed by atoms with van der Waals surface area (Å²) in [4.78, 5) is 15.1. The van der Waals surface area contributed by atoms with E-state index in [2.05, 4.69) is 6.58 Å². The van der Waals surface area contributed by atoms with Gasteiger partial charge < -0.3 is 4.74 Å². The summed E-state index contributed by atoms with van der Waals surface area (Å²) < 4.78 is 5.79. The fourth-order valence-corrected chi connectivity index (χ4v) is 4.00. The van der Waals surface area contributed by atoms with Gasteiger partial charge in [-0.05, 0) is 36.3 Å². The largest absolute Gasteiger partial charge is 0.466 e. The smallest absolute Gasteiger partial charge is 0.266 e. The van der Waals surface area contributed by atoms with Crippen molar-refractivity contribution in [2.24, 2.45) is 0 Å². The van der Waals surface area contributed by atoms with Gasteiger partial charge in [0.15, 0.2) is 0 Å². The van der Waals surface area contributed by atoms with Gasteiger partial charge in [-0.3, -0.25) is 9.69 Å². The van der Waals surface area contributed by atoms with Crippen molar-refractivity contribution in [1.29, 1.82) is 0 Å². The third-order valence-corrected chi connectivity index (χ3v) is 5.22. The van der Waals surface area contributed by atoms with Crippen molar-refractivity contribution in [3.8, 4) is 5.75 Å². The average molecular weight is 367 g/mol. The molecule has 0 aromatic heterocycles. The van der Waals surface area contributed by atoms with Crippen molar-refractivity contribution >= 4 is 40.3 Å². The van der Waals surface area contributed by atoms with E-state index in [1.807, 2.05) is 67.6 Å². The Bertz CT molecular complexity index is 829. The Morgan fingerprint density at radius 2 is 1.84 bits per heavy atom. The van der Waals surface area contributed by atoms with E-state index in [4.69, 9.17) is 17.0 Å². The first-order valence-corrected chi connectivity index (χ1v) is 9.02. The molecule has 1 aliphatic heterocycles. The minimum absolute atomic E-state index is 0.0576. The van der Waals surface area contributed by atoms with Gasteiger partial charge in [0.05, 0.1) is 17.2 Å². The van der Waals surface area contributed by atoms with Crippen LogP contribution in [0.5, 0.6) is 5.75 Å². The summed E-state index contributed by atoms with van der Waals surface area (Å²) in [6.45, 7) is 5.52. The van der Waals surface area contributed by atoms with Gasteiger partial charge in [0.1, 0.15) is 10.1 Å². The SMILES string of the molecule is C=COc1ccc(/C=C2\SC(=S)N([C@@H](C)c3ccccc3)C2=O)cc1. The Balaban J connectivity index is 1.82. The molecule has 0 radical (unpaired) electrons. The van der Waals surface area contributed by atoms with Gasteiger partial charge >= 0.3 is 0 Å². The van der Waals surface area contributed by atoms with Gasteiger partial charge in [-0.1, -0.05) is 73.0 Å². The minimum atomic E-state index is -0.0945. The predicted molar refractivity (Wildman–Crippen MR) is 107 cm³/mol. The topological polar surface area (TPSA) is 29.5 Å². The number of ether oxygens (including phenoxy) is 1. The van der Waals surface area contributed by atoms with Crippen LogP contribution < -0.4 is 4.74 Å². The Kier molecular flexibility index (Phi) is 5.36. The van der Waals surface area contributed by atoms with Crippen molar-refractivity contribution in [2.45, 2.75) is 13.0 Å². The Labute approximate surface area is 157 Å². The van der Waals surface area contributed by atoms with E-state index in [9.17, 15) is 4.79 Å². The summed E-state index contributed by atoms with van der Waals surface area (Å²) in [6, 6.07) is 17.3. The normalized spacial score (nSPS) is 17.0. The molecule has 0 aliphatic carbocycles. The van der Waals surface area contributed by atoms with Crippen molar-refractivity contribution in [1.82, 2.24) is 4.90 Å². The maximum atomic E-state index is 12.8. The molecule has 1 aliphatic rings. The van der Waals surface area contributed by atoms with Gasteiger partial charge in [0.25, 0.3) is 5.91 Å². The molecule has 1 fully saturated rings. The number of nitrogens with zero attached hydrogens (tertiary/aromatic N) is 1. The minimum Gasteiger partial charge on any atom is -0.466 e. The van der Waals surface area contributed by atoms with E-state index in [1.54, 1.807) is 4.90 Å². The van der Waals surface area contributed by atoms with Crippen LogP contribution in [0, 0.1) is 0 Å². The van der Waals surface area contributed by atoms with Crippen LogP contribution in [-0.4, -0.2) is 15.1 Å². The van der Waals surface area contributed by atoms with E-state index in [1.165, 1.54) is 18.0 Å². The van der Waals surface area contributed by atoms with E-state index in [0.717, 1.165) is 11.1 Å². The number of thiocarbonyl (C=S) groups is 1. The molecule has 25 heavy (non-hydrogen) atoms. The molecule has 5 heteroatoms. The van der Waals surface area contributed by atoms with E-state index < -0.39 is 0 Å². The molecular weight excluding hydrogens is 350 g/mol. The molecule has 0 saturated carbocycles. The van der Waals surface area contributed by atoms with Crippen LogP contribution in [0.15, 0.2) is 72.3 Å². The fourth-order valence-electron chi connectivity index (χ4n) is 2.58. The van der Waals surface area contributed by atoms with Gasteiger partial charge in [0.2, 0.25) is 0 Å². The van der Waals surface area contributed by atoms with E-state index in [-0.39, 0.29) is 11.9 Å². The first-order valence-electron chi connectivity index (χ1n) is 7.80. The summed E-state index contributed by atoms with van der Waals surface area (Å²) in [7, 11) is 0. The van der Waals surface area contributed by atoms with Gasteiger partial charge in [-0.2, -0.15) is 0 Å². The standard InChI is InChI=1S/C20H17NO2S2/c1-3-23-17-11-9-15(10-12-17)13-18-19(22)21(20(24)25-18)14(2)16-7-5-4-6-8-16/h3-14H,1H2,2H3/b18-13-/t14-/m0/s1. The number of hydrogen-bond donors (Lipinski definition) is 0. The number of hydrogen-bond acceptors (Lipinski definition) is 4. The Morgan fingerprint density at radius 3 is 2.48 bits per heavy atom. The zero-order chi connectivity index (χ0) is 17.8. The van der Waals surface area contributed by atoms with Crippen LogP contribution in [-0.2, 0) is 4.79 Å². The number of rotatable bonds is 5. The summed E-state index contributed by atoms with van der Waals surface area (Å²) >= 11 is 6.77. The lowest BCUT2D eigenvalue weighted by Crippen LogP contribution is -2.30. The quantitative estimate of drug-likeness (QED) is 0.414. The maximum absolute atomic E-state index is 12.8. The highest BCUT2D eigenvalue weighted by Gasteiger charge is 2.35. The second-order valence-corrected chi connectivity index (χ2v) is 7.17. The predicted octanol–water partition coefficient (Wildman–Crippen LogP) is 5.17. The number of thioether (sulfide) groups is 1. The van der Waals surface area contributed by atoms with Crippen LogP contribution in [0.2, 0.25) is 0 Å². The lowest BCUT2D eigenvalue weighted by Gasteiger charge is -2.23. The molecule has 3 nitrogen and oxygen atoms in total. The van der Waals surface area contributed by atoms with Crippen LogP contribution in [0.4, 0.5) is 0 Å². The monoisotopic (exact) mass is 367 g/mol. The van der Waals surface area contributed by atoms with E-state index >= 15 is 0 Å². The Morgan fingerprint density at radius 1 is 1.16 bits per heavy atom. The molecule has 0 spiro atoms. The number of benzene rings is 2. The molecule has 126 valence electrons. The third kappa shape index (κ3) is 3.83. The summed E-state index contributed by atoms with van der Waals surface area (Å²) in [5.41, 5.74) is 1.98. The summed E-state index contributed by atoms with van der Waals surface area (Å²) in [5.74, 6) is 0.648. The molecule has 0 N–H and O–H groups in total. The third-order valence-electron chi connectivity index (χ3n) is 3.89. The van der Waals surface area contributed by atoms with Gasteiger partial charge in [-0.15, -0.1) is 0 Å².